The highest BCUT2D eigenvalue weighted by molar-refractivity contribution is 5.30. The minimum Gasteiger partial charge on any atom is -0.0859 e. The Bertz CT molecular complexity index is 808. The SMILES string of the molecule is CC(C)=CCCCCCCCCCCc1cc(CCCCCCCCCCC=C(C)C)cc(CCCCCCCCCCC=C(C)C)c1. The van der Waals surface area contributed by atoms with Crippen molar-refractivity contribution in [3.05, 3.63) is 69.8 Å². The summed E-state index contributed by atoms with van der Waals surface area (Å²) in [7, 11) is 0. The number of unbranched alkanes of at least 4 members (excludes halogenated alkanes) is 24. The Kier molecular flexibility index (Phi) is 30.2. The maximum Gasteiger partial charge on any atom is -0.0279 e. The maximum atomic E-state index is 2.58. The second-order valence-electron chi connectivity index (χ2n) is 16.1. The summed E-state index contributed by atoms with van der Waals surface area (Å²) in [6.45, 7) is 13.3. The smallest absolute Gasteiger partial charge is 0.0279 e. The van der Waals surface area contributed by atoms with Crippen molar-refractivity contribution in [3.63, 3.8) is 0 Å². The Morgan fingerprint density at radius 3 is 0.688 bits per heavy atom. The molecule has 0 nitrogen and oxygen atoms in total. The van der Waals surface area contributed by atoms with Crippen molar-refractivity contribution in [2.24, 2.45) is 0 Å². The molecule has 0 saturated heterocycles. The zero-order valence-electron chi connectivity index (χ0n) is 33.7. The van der Waals surface area contributed by atoms with Gasteiger partial charge in [-0.15, -0.1) is 0 Å². The van der Waals surface area contributed by atoms with E-state index in [9.17, 15) is 0 Å². The molecule has 0 bridgehead atoms. The van der Waals surface area contributed by atoms with Gasteiger partial charge in [0.05, 0.1) is 0 Å². The molecule has 0 N–H and O–H groups in total. The summed E-state index contributed by atoms with van der Waals surface area (Å²) in [5.41, 5.74) is 9.29. The molecule has 1 aromatic rings. The fourth-order valence-corrected chi connectivity index (χ4v) is 7.05. The molecular formula is C48H84. The van der Waals surface area contributed by atoms with Crippen LogP contribution in [0.15, 0.2) is 53.1 Å². The summed E-state index contributed by atoms with van der Waals surface area (Å²) in [6, 6.07) is 7.75. The van der Waals surface area contributed by atoms with Crippen LogP contribution in [-0.2, 0) is 19.3 Å². The van der Waals surface area contributed by atoms with Gasteiger partial charge in [-0.3, -0.25) is 0 Å². The van der Waals surface area contributed by atoms with E-state index in [1.165, 1.54) is 209 Å². The molecule has 0 aliphatic heterocycles. The van der Waals surface area contributed by atoms with E-state index in [0.29, 0.717) is 0 Å². The summed E-state index contributed by atoms with van der Waals surface area (Å²) < 4.78 is 0. The van der Waals surface area contributed by atoms with Gasteiger partial charge in [0, 0.05) is 0 Å². The molecule has 276 valence electrons. The molecule has 0 heterocycles. The summed E-state index contributed by atoms with van der Waals surface area (Å²) in [6.07, 6.45) is 48.7. The predicted molar refractivity (Wildman–Crippen MR) is 221 cm³/mol. The third-order valence-corrected chi connectivity index (χ3v) is 10.0. The van der Waals surface area contributed by atoms with Gasteiger partial charge in [-0.2, -0.15) is 0 Å². The Morgan fingerprint density at radius 1 is 0.292 bits per heavy atom. The van der Waals surface area contributed by atoms with Crippen LogP contribution in [0.4, 0.5) is 0 Å². The van der Waals surface area contributed by atoms with E-state index in [4.69, 9.17) is 0 Å². The predicted octanol–water partition coefficient (Wildman–Crippen LogP) is 16.7. The lowest BCUT2D eigenvalue weighted by Crippen LogP contribution is -1.96. The molecule has 0 aliphatic rings. The quantitative estimate of drug-likeness (QED) is 0.0520. The first kappa shape index (κ1) is 44.5. The molecule has 1 rings (SSSR count). The van der Waals surface area contributed by atoms with E-state index in [1.54, 1.807) is 16.7 Å². The molecule has 0 spiro atoms. The van der Waals surface area contributed by atoms with Crippen molar-refractivity contribution in [3.8, 4) is 0 Å². The zero-order chi connectivity index (χ0) is 34.9. The van der Waals surface area contributed by atoms with Gasteiger partial charge < -0.3 is 0 Å². The highest BCUT2D eigenvalue weighted by atomic mass is 14.1. The second-order valence-corrected chi connectivity index (χ2v) is 16.1. The van der Waals surface area contributed by atoms with Gasteiger partial charge in [0.25, 0.3) is 0 Å². The average molecular weight is 661 g/mol. The molecule has 0 radical (unpaired) electrons. The first-order chi connectivity index (χ1) is 23.4. The van der Waals surface area contributed by atoms with Crippen LogP contribution >= 0.6 is 0 Å². The van der Waals surface area contributed by atoms with Crippen LogP contribution in [0.1, 0.15) is 232 Å². The molecule has 0 unspecified atom stereocenters. The van der Waals surface area contributed by atoms with E-state index >= 15 is 0 Å². The third kappa shape index (κ3) is 30.5. The highest BCUT2D eigenvalue weighted by Gasteiger charge is 2.04. The Labute approximate surface area is 303 Å². The van der Waals surface area contributed by atoms with Gasteiger partial charge >= 0.3 is 0 Å². The number of hydrogen-bond acceptors (Lipinski definition) is 0. The molecule has 0 atom stereocenters. The topological polar surface area (TPSA) is 0 Å². The van der Waals surface area contributed by atoms with Crippen molar-refractivity contribution in [1.29, 1.82) is 0 Å². The second kappa shape index (κ2) is 32.6. The van der Waals surface area contributed by atoms with Crippen LogP contribution in [0, 0.1) is 0 Å². The Morgan fingerprint density at radius 2 is 0.479 bits per heavy atom. The van der Waals surface area contributed by atoms with Crippen molar-refractivity contribution in [2.75, 3.05) is 0 Å². The van der Waals surface area contributed by atoms with E-state index in [0.717, 1.165) is 0 Å². The Balaban J connectivity index is 2.37. The molecule has 0 fully saturated rings. The summed E-state index contributed by atoms with van der Waals surface area (Å²) in [4.78, 5) is 0. The number of benzene rings is 1. The minimum atomic E-state index is 1.28. The summed E-state index contributed by atoms with van der Waals surface area (Å²) in [5, 5.41) is 0. The van der Waals surface area contributed by atoms with Crippen LogP contribution in [0.25, 0.3) is 0 Å². The lowest BCUT2D eigenvalue weighted by molar-refractivity contribution is 0.566. The standard InChI is InChI=1S/C48H84/c1-43(2)34-28-22-16-10-7-13-19-25-31-37-46-40-47(38-32-26-20-14-8-11-17-23-29-35-44(3)4)42-48(41-46)39-33-27-21-15-9-12-18-24-30-36-45(5)6/h34-36,40-42H,7-33,37-39H2,1-6H3. The van der Waals surface area contributed by atoms with Gasteiger partial charge in [0.1, 0.15) is 0 Å². The number of hydrogen-bond donors (Lipinski definition) is 0. The van der Waals surface area contributed by atoms with Gasteiger partial charge in [-0.1, -0.05) is 169 Å². The molecule has 1 aromatic carbocycles. The van der Waals surface area contributed by atoms with Crippen molar-refractivity contribution >= 4 is 0 Å². The average Bonchev–Trinajstić information content (AvgIpc) is 3.04. The largest absolute Gasteiger partial charge is 0.0859 e. The molecule has 0 heteroatoms. The highest BCUT2D eigenvalue weighted by Crippen LogP contribution is 2.20. The van der Waals surface area contributed by atoms with E-state index in [1.807, 2.05) is 0 Å². The minimum absolute atomic E-state index is 1.28. The van der Waals surface area contributed by atoms with Crippen molar-refractivity contribution < 1.29 is 0 Å². The summed E-state index contributed by atoms with van der Waals surface area (Å²) >= 11 is 0. The third-order valence-electron chi connectivity index (χ3n) is 10.0. The fraction of sp³-hybridized carbons (Fsp3) is 0.750. The number of allylic oxidation sites excluding steroid dienone is 6. The van der Waals surface area contributed by atoms with E-state index < -0.39 is 0 Å². The Hall–Kier alpha value is -1.56. The van der Waals surface area contributed by atoms with Gasteiger partial charge in [-0.05, 0) is 135 Å². The normalized spacial score (nSPS) is 11.1. The van der Waals surface area contributed by atoms with Gasteiger partial charge in [0.2, 0.25) is 0 Å². The molecule has 0 aliphatic carbocycles. The van der Waals surface area contributed by atoms with Crippen LogP contribution in [0.2, 0.25) is 0 Å². The van der Waals surface area contributed by atoms with Crippen LogP contribution in [0.3, 0.4) is 0 Å². The molecule has 0 amide bonds. The van der Waals surface area contributed by atoms with Crippen molar-refractivity contribution in [2.45, 2.75) is 234 Å². The first-order valence-electron chi connectivity index (χ1n) is 21.4. The molecule has 0 aromatic heterocycles. The monoisotopic (exact) mass is 661 g/mol. The lowest BCUT2D eigenvalue weighted by Gasteiger charge is -2.11. The number of aryl methyl sites for hydroxylation is 3. The van der Waals surface area contributed by atoms with Crippen LogP contribution in [-0.4, -0.2) is 0 Å². The summed E-state index contributed by atoms with van der Waals surface area (Å²) in [5.74, 6) is 0. The zero-order valence-corrected chi connectivity index (χ0v) is 33.7. The first-order valence-corrected chi connectivity index (χ1v) is 21.4. The molecule has 48 heavy (non-hydrogen) atoms. The number of rotatable bonds is 33. The molecule has 0 saturated carbocycles. The maximum absolute atomic E-state index is 2.58. The van der Waals surface area contributed by atoms with Crippen LogP contribution < -0.4 is 0 Å². The fourth-order valence-electron chi connectivity index (χ4n) is 7.05. The van der Waals surface area contributed by atoms with E-state index in [-0.39, 0.29) is 0 Å². The van der Waals surface area contributed by atoms with Crippen molar-refractivity contribution in [1.82, 2.24) is 0 Å². The van der Waals surface area contributed by atoms with Crippen LogP contribution in [0.5, 0.6) is 0 Å². The lowest BCUT2D eigenvalue weighted by atomic mass is 9.95. The molecular weight excluding hydrogens is 577 g/mol. The van der Waals surface area contributed by atoms with Gasteiger partial charge in [-0.25, -0.2) is 0 Å². The van der Waals surface area contributed by atoms with E-state index in [2.05, 4.69) is 78.0 Å². The van der Waals surface area contributed by atoms with Gasteiger partial charge in [0.15, 0.2) is 0 Å².